The summed E-state index contributed by atoms with van der Waals surface area (Å²) in [5.41, 5.74) is 4.28. The number of hydrogen-bond acceptors (Lipinski definition) is 5. The average Bonchev–Trinajstić information content (AvgIpc) is 3.43. The number of nitrogens with zero attached hydrogens (tertiary/aromatic N) is 5. The van der Waals surface area contributed by atoms with E-state index in [9.17, 15) is 19.3 Å². The van der Waals surface area contributed by atoms with Gasteiger partial charge in [-0.2, -0.15) is 5.10 Å². The Labute approximate surface area is 190 Å². The fourth-order valence-electron chi connectivity index (χ4n) is 4.69. The second kappa shape index (κ2) is 8.74. The molecule has 170 valence electrons. The molecule has 1 aliphatic heterocycles. The van der Waals surface area contributed by atoms with Crippen LogP contribution in [0.15, 0.2) is 48.5 Å². The lowest BCUT2D eigenvalue weighted by Gasteiger charge is -2.34. The Balaban J connectivity index is 1.28. The Kier molecular flexibility index (Phi) is 5.63. The number of nitro groups is 1. The first-order chi connectivity index (χ1) is 16.0. The minimum Gasteiger partial charge on any atom is -0.335 e. The van der Waals surface area contributed by atoms with E-state index >= 15 is 0 Å². The van der Waals surface area contributed by atoms with E-state index in [4.69, 9.17) is 0 Å². The van der Waals surface area contributed by atoms with Crippen LogP contribution in [-0.2, 0) is 19.4 Å². The van der Waals surface area contributed by atoms with Crippen LogP contribution in [0.5, 0.6) is 0 Å². The molecule has 9 heteroatoms. The number of rotatable bonds is 5. The summed E-state index contributed by atoms with van der Waals surface area (Å²) in [6.45, 7) is 3.14. The highest BCUT2D eigenvalue weighted by Crippen LogP contribution is 2.29. The molecule has 1 saturated heterocycles. The Hall–Kier alpha value is -3.59. The molecule has 2 heterocycles. The number of carbonyl (C=O) groups is 1. The molecule has 3 aromatic rings. The van der Waals surface area contributed by atoms with E-state index in [0.29, 0.717) is 38.4 Å². The van der Waals surface area contributed by atoms with Crippen molar-refractivity contribution < 1.29 is 14.1 Å². The molecule has 0 unspecified atom stereocenters. The SMILES string of the molecule is O=C(c1nn(-c2ccc(F)cc2)c2c1CCC2)N1CCN(Cc2cccc([N+](=O)[O-])c2)CC1. The van der Waals surface area contributed by atoms with Crippen molar-refractivity contribution in [3.63, 3.8) is 0 Å². The fourth-order valence-corrected chi connectivity index (χ4v) is 4.69. The summed E-state index contributed by atoms with van der Waals surface area (Å²) in [7, 11) is 0. The van der Waals surface area contributed by atoms with E-state index in [1.165, 1.54) is 18.2 Å². The zero-order chi connectivity index (χ0) is 22.9. The standard InChI is InChI=1S/C24H24FN5O3/c25-18-7-9-19(10-8-18)29-22-6-2-5-21(22)23(26-29)24(31)28-13-11-27(12-14-28)16-17-3-1-4-20(15-17)30(32)33/h1,3-4,7-10,15H,2,5-6,11-14,16H2. The lowest BCUT2D eigenvalue weighted by atomic mass is 10.1. The molecule has 2 aromatic carbocycles. The second-order valence-corrected chi connectivity index (χ2v) is 8.51. The number of halogens is 1. The van der Waals surface area contributed by atoms with Crippen LogP contribution in [0.4, 0.5) is 10.1 Å². The van der Waals surface area contributed by atoms with Gasteiger partial charge in [-0.3, -0.25) is 19.8 Å². The Morgan fingerprint density at radius 1 is 1.06 bits per heavy atom. The molecule has 0 atom stereocenters. The number of amides is 1. The molecule has 0 N–H and O–H groups in total. The highest BCUT2D eigenvalue weighted by atomic mass is 19.1. The van der Waals surface area contributed by atoms with Crippen molar-refractivity contribution >= 4 is 11.6 Å². The zero-order valence-electron chi connectivity index (χ0n) is 18.1. The summed E-state index contributed by atoms with van der Waals surface area (Å²) >= 11 is 0. The smallest absolute Gasteiger partial charge is 0.274 e. The number of piperazine rings is 1. The van der Waals surface area contributed by atoms with Crippen LogP contribution in [-0.4, -0.2) is 56.6 Å². The number of benzene rings is 2. The van der Waals surface area contributed by atoms with Crippen molar-refractivity contribution in [2.45, 2.75) is 25.8 Å². The molecule has 0 saturated carbocycles. The van der Waals surface area contributed by atoms with Crippen molar-refractivity contribution in [1.29, 1.82) is 0 Å². The van der Waals surface area contributed by atoms with Gasteiger partial charge in [0.1, 0.15) is 5.82 Å². The summed E-state index contributed by atoms with van der Waals surface area (Å²) in [6, 6.07) is 12.8. The molecule has 1 aromatic heterocycles. The van der Waals surface area contributed by atoms with Gasteiger partial charge in [-0.15, -0.1) is 0 Å². The molecule has 33 heavy (non-hydrogen) atoms. The van der Waals surface area contributed by atoms with Gasteiger partial charge in [0.25, 0.3) is 11.6 Å². The van der Waals surface area contributed by atoms with Gasteiger partial charge in [-0.05, 0) is 49.1 Å². The predicted octanol–water partition coefficient (Wildman–Crippen LogP) is 3.37. The maximum Gasteiger partial charge on any atom is 0.274 e. The normalized spacial score (nSPS) is 16.1. The first kappa shape index (κ1) is 21.3. The molecule has 1 amide bonds. The van der Waals surface area contributed by atoms with Gasteiger partial charge in [0.15, 0.2) is 5.69 Å². The molecule has 8 nitrogen and oxygen atoms in total. The van der Waals surface area contributed by atoms with E-state index in [0.717, 1.165) is 41.8 Å². The van der Waals surface area contributed by atoms with Crippen molar-refractivity contribution in [3.05, 3.63) is 87.0 Å². The molecule has 1 aliphatic carbocycles. The lowest BCUT2D eigenvalue weighted by molar-refractivity contribution is -0.384. The molecule has 0 spiro atoms. The summed E-state index contributed by atoms with van der Waals surface area (Å²) in [5, 5.41) is 15.7. The van der Waals surface area contributed by atoms with Crippen LogP contribution in [0.2, 0.25) is 0 Å². The third-order valence-electron chi connectivity index (χ3n) is 6.39. The lowest BCUT2D eigenvalue weighted by Crippen LogP contribution is -2.48. The number of carbonyl (C=O) groups excluding carboxylic acids is 1. The molecular formula is C24H24FN5O3. The summed E-state index contributed by atoms with van der Waals surface area (Å²) in [5.74, 6) is -0.370. The third-order valence-corrected chi connectivity index (χ3v) is 6.39. The second-order valence-electron chi connectivity index (χ2n) is 8.51. The molecular weight excluding hydrogens is 425 g/mol. The van der Waals surface area contributed by atoms with Crippen molar-refractivity contribution in [2.24, 2.45) is 0 Å². The summed E-state index contributed by atoms with van der Waals surface area (Å²) in [4.78, 5) is 28.0. The van der Waals surface area contributed by atoms with Crippen LogP contribution in [0.3, 0.4) is 0 Å². The summed E-state index contributed by atoms with van der Waals surface area (Å²) < 4.78 is 15.1. The number of fused-ring (bicyclic) bond motifs is 1. The molecule has 0 radical (unpaired) electrons. The van der Waals surface area contributed by atoms with Gasteiger partial charge in [0.05, 0.1) is 10.6 Å². The van der Waals surface area contributed by atoms with E-state index in [2.05, 4.69) is 10.00 Å². The van der Waals surface area contributed by atoms with Crippen molar-refractivity contribution in [2.75, 3.05) is 26.2 Å². The average molecular weight is 449 g/mol. The van der Waals surface area contributed by atoms with Gasteiger partial charge in [-0.1, -0.05) is 12.1 Å². The molecule has 5 rings (SSSR count). The third kappa shape index (κ3) is 4.23. The molecule has 0 bridgehead atoms. The van der Waals surface area contributed by atoms with Gasteiger partial charge >= 0.3 is 0 Å². The maximum absolute atomic E-state index is 13.4. The van der Waals surface area contributed by atoms with Crippen molar-refractivity contribution in [1.82, 2.24) is 19.6 Å². The molecule has 2 aliphatic rings. The van der Waals surface area contributed by atoms with Crippen molar-refractivity contribution in [3.8, 4) is 5.69 Å². The first-order valence-electron chi connectivity index (χ1n) is 11.1. The van der Waals surface area contributed by atoms with Crippen LogP contribution >= 0.6 is 0 Å². The number of aromatic nitrogens is 2. The van der Waals surface area contributed by atoms with Crippen LogP contribution in [0.25, 0.3) is 5.69 Å². The van der Waals surface area contributed by atoms with Crippen LogP contribution in [0, 0.1) is 15.9 Å². The largest absolute Gasteiger partial charge is 0.335 e. The number of hydrogen-bond donors (Lipinski definition) is 0. The van der Waals surface area contributed by atoms with Gasteiger partial charge in [0.2, 0.25) is 0 Å². The number of nitro benzene ring substituents is 1. The number of non-ortho nitro benzene ring substituents is 1. The molecule has 1 fully saturated rings. The Morgan fingerprint density at radius 3 is 2.55 bits per heavy atom. The van der Waals surface area contributed by atoms with Gasteiger partial charge in [-0.25, -0.2) is 9.07 Å². The Morgan fingerprint density at radius 2 is 1.82 bits per heavy atom. The van der Waals surface area contributed by atoms with E-state index < -0.39 is 0 Å². The zero-order valence-corrected chi connectivity index (χ0v) is 18.1. The highest BCUT2D eigenvalue weighted by molar-refractivity contribution is 5.94. The fraction of sp³-hybridized carbons (Fsp3) is 0.333. The monoisotopic (exact) mass is 449 g/mol. The van der Waals surface area contributed by atoms with Gasteiger partial charge < -0.3 is 4.90 Å². The van der Waals surface area contributed by atoms with E-state index in [1.54, 1.807) is 28.9 Å². The van der Waals surface area contributed by atoms with Gasteiger partial charge in [0, 0.05) is 56.1 Å². The highest BCUT2D eigenvalue weighted by Gasteiger charge is 2.31. The summed E-state index contributed by atoms with van der Waals surface area (Å²) in [6.07, 6.45) is 2.65. The minimum absolute atomic E-state index is 0.0657. The quantitative estimate of drug-likeness (QED) is 0.441. The predicted molar refractivity (Wildman–Crippen MR) is 120 cm³/mol. The maximum atomic E-state index is 13.4. The van der Waals surface area contributed by atoms with E-state index in [1.807, 2.05) is 11.0 Å². The van der Waals surface area contributed by atoms with Crippen LogP contribution in [0.1, 0.15) is 33.7 Å². The van der Waals surface area contributed by atoms with E-state index in [-0.39, 0.29) is 22.3 Å². The van der Waals surface area contributed by atoms with Crippen LogP contribution < -0.4 is 0 Å². The minimum atomic E-state index is -0.385. The first-order valence-corrected chi connectivity index (χ1v) is 11.1. The Bertz CT molecular complexity index is 1200. The topological polar surface area (TPSA) is 84.5 Å².